The lowest BCUT2D eigenvalue weighted by molar-refractivity contribution is -0.144. The van der Waals surface area contributed by atoms with Crippen molar-refractivity contribution in [1.82, 2.24) is 9.80 Å². The molecule has 1 amide bonds. The van der Waals surface area contributed by atoms with E-state index in [2.05, 4.69) is 11.5 Å². The van der Waals surface area contributed by atoms with Crippen molar-refractivity contribution in [2.45, 2.75) is 82.7 Å². The molecule has 29 heavy (non-hydrogen) atoms. The summed E-state index contributed by atoms with van der Waals surface area (Å²) >= 11 is 0. The van der Waals surface area contributed by atoms with E-state index in [9.17, 15) is 9.90 Å². The molecule has 5 aliphatic rings. The zero-order valence-electron chi connectivity index (χ0n) is 18.2. The van der Waals surface area contributed by atoms with E-state index in [0.717, 1.165) is 49.9 Å². The Kier molecular flexibility index (Phi) is 5.43. The highest BCUT2D eigenvalue weighted by Crippen LogP contribution is 2.51. The first-order valence-electron chi connectivity index (χ1n) is 12.5. The highest BCUT2D eigenvalue weighted by molar-refractivity contribution is 5.87. The summed E-state index contributed by atoms with van der Waals surface area (Å²) in [6.45, 7) is 7.73. The van der Waals surface area contributed by atoms with Crippen molar-refractivity contribution in [1.29, 1.82) is 0 Å². The Morgan fingerprint density at radius 3 is 1.83 bits per heavy atom. The highest BCUT2D eigenvalue weighted by Gasteiger charge is 2.50. The number of aliphatic hydroxyl groups is 1. The second-order valence-electron chi connectivity index (χ2n) is 10.9. The van der Waals surface area contributed by atoms with Crippen molar-refractivity contribution in [3.05, 3.63) is 12.3 Å². The van der Waals surface area contributed by atoms with Gasteiger partial charge in [-0.05, 0) is 81.0 Å². The maximum absolute atomic E-state index is 12.4. The third-order valence-corrected chi connectivity index (χ3v) is 9.32. The molecule has 1 heterocycles. The molecule has 0 aromatic rings. The summed E-state index contributed by atoms with van der Waals surface area (Å²) in [5.41, 5.74) is 0.303. The van der Waals surface area contributed by atoms with E-state index in [1.54, 1.807) is 0 Å². The zero-order chi connectivity index (χ0) is 20.0. The maximum atomic E-state index is 12.4. The summed E-state index contributed by atoms with van der Waals surface area (Å²) in [5, 5.41) is 10.1. The van der Waals surface area contributed by atoms with Gasteiger partial charge in [0.05, 0.1) is 0 Å². The normalized spacial score (nSPS) is 39.1. The first-order chi connectivity index (χ1) is 14.0. The zero-order valence-corrected chi connectivity index (χ0v) is 18.2. The van der Waals surface area contributed by atoms with Gasteiger partial charge in [0.15, 0.2) is 0 Å². The predicted octanol–water partition coefficient (Wildman–Crippen LogP) is 4.19. The van der Waals surface area contributed by atoms with E-state index in [1.807, 2.05) is 4.90 Å². The molecule has 1 aliphatic heterocycles. The van der Waals surface area contributed by atoms with Gasteiger partial charge >= 0.3 is 0 Å². The fourth-order valence-corrected chi connectivity index (χ4v) is 7.36. The summed E-state index contributed by atoms with van der Waals surface area (Å²) in [6.07, 6.45) is 15.7. The van der Waals surface area contributed by atoms with E-state index in [1.165, 1.54) is 69.9 Å². The Morgan fingerprint density at radius 2 is 1.28 bits per heavy atom. The van der Waals surface area contributed by atoms with Gasteiger partial charge in [-0.25, -0.2) is 0 Å². The molecule has 4 heteroatoms. The topological polar surface area (TPSA) is 43.8 Å². The van der Waals surface area contributed by atoms with Crippen LogP contribution in [0.1, 0.15) is 77.0 Å². The molecule has 0 aromatic carbocycles. The van der Waals surface area contributed by atoms with Gasteiger partial charge in [0, 0.05) is 31.9 Å². The van der Waals surface area contributed by atoms with E-state index >= 15 is 0 Å². The summed E-state index contributed by atoms with van der Waals surface area (Å²) in [6, 6.07) is 0. The van der Waals surface area contributed by atoms with Gasteiger partial charge in [0.25, 0.3) is 5.91 Å². The molecule has 0 spiro atoms. The van der Waals surface area contributed by atoms with Crippen molar-refractivity contribution >= 4 is 5.91 Å². The fraction of sp³-hybridized carbons (Fsp3) is 0.880. The number of rotatable bonds is 4. The molecule has 0 radical (unpaired) electrons. The Labute approximate surface area is 176 Å². The lowest BCUT2D eigenvalue weighted by Gasteiger charge is -2.44. The van der Waals surface area contributed by atoms with Crippen LogP contribution in [0.2, 0.25) is 0 Å². The van der Waals surface area contributed by atoms with Crippen molar-refractivity contribution in [3.8, 4) is 0 Å². The summed E-state index contributed by atoms with van der Waals surface area (Å²) < 4.78 is 0. The van der Waals surface area contributed by atoms with Gasteiger partial charge < -0.3 is 14.9 Å². The number of allylic oxidation sites excluding steroid dienone is 1. The Morgan fingerprint density at radius 1 is 0.759 bits per heavy atom. The number of fused-ring (bicyclic) bond motifs is 1. The molecular formula is C25H40N2O2. The average Bonchev–Trinajstić information content (AvgIpc) is 3.33. The highest BCUT2D eigenvalue weighted by atomic mass is 16.3. The molecule has 5 rings (SSSR count). The molecular weight excluding hydrogens is 360 g/mol. The summed E-state index contributed by atoms with van der Waals surface area (Å²) in [7, 11) is 0. The van der Waals surface area contributed by atoms with E-state index in [0.29, 0.717) is 18.8 Å². The van der Waals surface area contributed by atoms with Crippen LogP contribution in [-0.2, 0) is 4.79 Å². The first-order valence-corrected chi connectivity index (χ1v) is 12.5. The standard InChI is InChI=1S/C25H40N2O2/c1-18(26-14-16-27(17-15-26)24(28)25(29)12-13-25)19-8-10-21(11-9-19)23-7-3-5-20-4-2-6-22(20)23/h19-23,29H,1-17H2. The van der Waals surface area contributed by atoms with Crippen molar-refractivity contribution < 1.29 is 9.90 Å². The predicted molar refractivity (Wildman–Crippen MR) is 115 cm³/mol. The van der Waals surface area contributed by atoms with E-state index < -0.39 is 5.60 Å². The third-order valence-electron chi connectivity index (χ3n) is 9.32. The molecule has 1 N–H and O–H groups in total. The SMILES string of the molecule is C=C(C1CCC(C2CCCC3CCCC32)CC1)N1CCN(C(=O)C2(O)CC2)CC1. The van der Waals surface area contributed by atoms with Crippen LogP contribution in [0.5, 0.6) is 0 Å². The van der Waals surface area contributed by atoms with Gasteiger partial charge in [-0.15, -0.1) is 0 Å². The van der Waals surface area contributed by atoms with Crippen molar-refractivity contribution in [2.24, 2.45) is 29.6 Å². The minimum Gasteiger partial charge on any atom is -0.380 e. The minimum atomic E-state index is -1.02. The van der Waals surface area contributed by atoms with Gasteiger partial charge in [-0.2, -0.15) is 0 Å². The molecule has 3 unspecified atom stereocenters. The van der Waals surface area contributed by atoms with Crippen LogP contribution in [0.25, 0.3) is 0 Å². The number of carbonyl (C=O) groups excluding carboxylic acids is 1. The Hall–Kier alpha value is -1.03. The van der Waals surface area contributed by atoms with Crippen LogP contribution in [0.4, 0.5) is 0 Å². The second kappa shape index (κ2) is 7.90. The first kappa shape index (κ1) is 19.9. The monoisotopic (exact) mass is 400 g/mol. The number of piperazine rings is 1. The Balaban J connectivity index is 1.10. The molecule has 0 aromatic heterocycles. The summed E-state index contributed by atoms with van der Waals surface area (Å²) in [4.78, 5) is 16.7. The number of hydrogen-bond donors (Lipinski definition) is 1. The van der Waals surface area contributed by atoms with Gasteiger partial charge in [0.2, 0.25) is 0 Å². The van der Waals surface area contributed by atoms with E-state index in [4.69, 9.17) is 0 Å². The third kappa shape index (κ3) is 3.86. The minimum absolute atomic E-state index is 0.0408. The molecule has 3 atom stereocenters. The lowest BCUT2D eigenvalue weighted by atomic mass is 9.64. The summed E-state index contributed by atoms with van der Waals surface area (Å²) in [5.74, 6) is 4.71. The van der Waals surface area contributed by atoms with Gasteiger partial charge in [0.1, 0.15) is 5.60 Å². The lowest BCUT2D eigenvalue weighted by Crippen LogP contribution is -2.52. The maximum Gasteiger partial charge on any atom is 0.254 e. The van der Waals surface area contributed by atoms with Crippen molar-refractivity contribution in [2.75, 3.05) is 26.2 Å². The van der Waals surface area contributed by atoms with Crippen LogP contribution >= 0.6 is 0 Å². The molecule has 0 bridgehead atoms. The van der Waals surface area contributed by atoms with Gasteiger partial charge in [-0.3, -0.25) is 4.79 Å². The molecule has 4 nitrogen and oxygen atoms in total. The molecule has 1 saturated heterocycles. The average molecular weight is 401 g/mol. The van der Waals surface area contributed by atoms with Crippen LogP contribution in [0.15, 0.2) is 12.3 Å². The number of hydrogen-bond acceptors (Lipinski definition) is 3. The van der Waals surface area contributed by atoms with Crippen molar-refractivity contribution in [3.63, 3.8) is 0 Å². The molecule has 4 saturated carbocycles. The van der Waals surface area contributed by atoms with Crippen LogP contribution in [0.3, 0.4) is 0 Å². The Bertz CT molecular complexity index is 627. The van der Waals surface area contributed by atoms with Crippen LogP contribution < -0.4 is 0 Å². The van der Waals surface area contributed by atoms with E-state index in [-0.39, 0.29) is 5.91 Å². The number of nitrogens with zero attached hydrogens (tertiary/aromatic N) is 2. The quantitative estimate of drug-likeness (QED) is 0.769. The fourth-order valence-electron chi connectivity index (χ4n) is 7.36. The second-order valence-corrected chi connectivity index (χ2v) is 10.9. The number of carbonyl (C=O) groups is 1. The van der Waals surface area contributed by atoms with Gasteiger partial charge in [-0.1, -0.05) is 32.3 Å². The van der Waals surface area contributed by atoms with Crippen LogP contribution in [-0.4, -0.2) is 52.6 Å². The number of amides is 1. The molecule has 4 aliphatic carbocycles. The smallest absolute Gasteiger partial charge is 0.254 e. The largest absolute Gasteiger partial charge is 0.380 e. The van der Waals surface area contributed by atoms with Crippen LogP contribution in [0, 0.1) is 29.6 Å². The molecule has 5 fully saturated rings. The molecule has 162 valence electrons.